The van der Waals surface area contributed by atoms with E-state index in [1.165, 1.54) is 17.7 Å². The molecule has 0 saturated carbocycles. The number of nitrogens with zero attached hydrogens (tertiary/aromatic N) is 2. The van der Waals surface area contributed by atoms with Crippen LogP contribution in [0.25, 0.3) is 0 Å². The molecule has 156 valence electrons. The Morgan fingerprint density at radius 2 is 2.00 bits per heavy atom. The number of allylic oxidation sites excluding steroid dienone is 1. The number of rotatable bonds is 4. The van der Waals surface area contributed by atoms with Crippen molar-refractivity contribution < 1.29 is 19.0 Å². The zero-order valence-electron chi connectivity index (χ0n) is 16.9. The van der Waals surface area contributed by atoms with Crippen LogP contribution in [0.3, 0.4) is 0 Å². The first kappa shape index (κ1) is 19.6. The fourth-order valence-electron chi connectivity index (χ4n) is 3.80. The lowest BCUT2D eigenvalue weighted by Gasteiger charge is -2.30. The fraction of sp³-hybridized carbons (Fsp3) is 0.286. The molecule has 2 aromatic rings. The van der Waals surface area contributed by atoms with Gasteiger partial charge in [-0.1, -0.05) is 18.7 Å². The lowest BCUT2D eigenvalue weighted by atomic mass is 9.82. The van der Waals surface area contributed by atoms with Gasteiger partial charge in [0.05, 0.1) is 17.1 Å². The molecule has 0 unspecified atom stereocenters. The second-order valence-electron chi connectivity index (χ2n) is 7.06. The van der Waals surface area contributed by atoms with Gasteiger partial charge < -0.3 is 19.5 Å². The van der Waals surface area contributed by atoms with Crippen LogP contribution in [0.5, 0.6) is 11.5 Å². The first-order valence-corrected chi connectivity index (χ1v) is 9.30. The van der Waals surface area contributed by atoms with Gasteiger partial charge in [0.2, 0.25) is 6.79 Å². The summed E-state index contributed by atoms with van der Waals surface area (Å²) in [7, 11) is 2.97. The number of anilines is 1. The van der Waals surface area contributed by atoms with E-state index in [2.05, 4.69) is 11.9 Å². The van der Waals surface area contributed by atoms with E-state index in [0.717, 1.165) is 4.57 Å². The standard InChI is InChI=1S/C21H21N3O6/c1-5-8-28-20(26)15-11(2)22-18-17(19(25)24(4)21(27)23(18)3)16(15)12-6-7-13-14(9-12)30-10-29-13/h5-7,9,16,22H,1,8,10H2,2-4H3/t16-/m1/s1. The Kier molecular flexibility index (Phi) is 4.73. The van der Waals surface area contributed by atoms with Crippen LogP contribution in [0, 0.1) is 0 Å². The van der Waals surface area contributed by atoms with Crippen LogP contribution in [-0.2, 0) is 23.6 Å². The molecule has 30 heavy (non-hydrogen) atoms. The predicted octanol–water partition coefficient (Wildman–Crippen LogP) is 1.37. The minimum atomic E-state index is -0.765. The van der Waals surface area contributed by atoms with Crippen LogP contribution in [0.4, 0.5) is 5.82 Å². The van der Waals surface area contributed by atoms with Crippen molar-refractivity contribution in [3.8, 4) is 11.5 Å². The second kappa shape index (κ2) is 7.25. The number of carbonyl (C=O) groups is 1. The number of carbonyl (C=O) groups excluding carboxylic acids is 1. The van der Waals surface area contributed by atoms with E-state index in [-0.39, 0.29) is 24.5 Å². The minimum absolute atomic E-state index is 0.0294. The molecule has 3 heterocycles. The highest BCUT2D eigenvalue weighted by atomic mass is 16.7. The molecule has 0 amide bonds. The van der Waals surface area contributed by atoms with Gasteiger partial charge in [0.15, 0.2) is 11.5 Å². The zero-order valence-corrected chi connectivity index (χ0v) is 16.9. The first-order chi connectivity index (χ1) is 14.3. The first-order valence-electron chi connectivity index (χ1n) is 9.30. The maximum atomic E-state index is 13.2. The van der Waals surface area contributed by atoms with E-state index < -0.39 is 23.1 Å². The number of ether oxygens (including phenoxy) is 3. The molecule has 2 aliphatic rings. The Morgan fingerprint density at radius 1 is 1.27 bits per heavy atom. The van der Waals surface area contributed by atoms with E-state index in [1.807, 2.05) is 0 Å². The lowest BCUT2D eigenvalue weighted by molar-refractivity contribution is -0.138. The molecule has 1 aromatic carbocycles. The molecule has 0 aliphatic carbocycles. The summed E-state index contributed by atoms with van der Waals surface area (Å²) in [6, 6.07) is 5.24. The van der Waals surface area contributed by atoms with Gasteiger partial charge in [0.25, 0.3) is 5.56 Å². The molecule has 0 fully saturated rings. The molecule has 1 atom stereocenters. The van der Waals surface area contributed by atoms with Crippen molar-refractivity contribution in [2.24, 2.45) is 14.1 Å². The van der Waals surface area contributed by atoms with Gasteiger partial charge in [-0.05, 0) is 24.6 Å². The third kappa shape index (κ3) is 2.90. The summed E-state index contributed by atoms with van der Waals surface area (Å²) in [5, 5.41) is 3.04. The summed E-state index contributed by atoms with van der Waals surface area (Å²) < 4.78 is 18.5. The Hall–Kier alpha value is -3.75. The predicted molar refractivity (Wildman–Crippen MR) is 109 cm³/mol. The molecule has 4 rings (SSSR count). The van der Waals surface area contributed by atoms with E-state index in [9.17, 15) is 14.4 Å². The average Bonchev–Trinajstić information content (AvgIpc) is 3.21. The monoisotopic (exact) mass is 411 g/mol. The van der Waals surface area contributed by atoms with Crippen LogP contribution in [0.1, 0.15) is 24.0 Å². The summed E-state index contributed by atoms with van der Waals surface area (Å²) in [6.07, 6.45) is 1.47. The molecular formula is C21H21N3O6. The topological polar surface area (TPSA) is 101 Å². The van der Waals surface area contributed by atoms with Crippen LogP contribution >= 0.6 is 0 Å². The van der Waals surface area contributed by atoms with Gasteiger partial charge in [0, 0.05) is 19.8 Å². The molecule has 2 aliphatic heterocycles. The Balaban J connectivity index is 1.99. The van der Waals surface area contributed by atoms with Crippen molar-refractivity contribution in [3.05, 3.63) is 74.1 Å². The zero-order chi connectivity index (χ0) is 21.6. The fourth-order valence-corrected chi connectivity index (χ4v) is 3.80. The van der Waals surface area contributed by atoms with Crippen molar-refractivity contribution >= 4 is 11.8 Å². The van der Waals surface area contributed by atoms with E-state index in [0.29, 0.717) is 28.6 Å². The van der Waals surface area contributed by atoms with Crippen LogP contribution in [0.15, 0.2) is 51.7 Å². The molecule has 9 heteroatoms. The quantitative estimate of drug-likeness (QED) is 0.599. The molecule has 1 N–H and O–H groups in total. The number of hydrogen-bond acceptors (Lipinski definition) is 7. The minimum Gasteiger partial charge on any atom is -0.458 e. The van der Waals surface area contributed by atoms with Gasteiger partial charge >= 0.3 is 11.7 Å². The normalized spacial score (nSPS) is 16.7. The number of esters is 1. The third-order valence-corrected chi connectivity index (χ3v) is 5.27. The SMILES string of the molecule is C=CCOC(=O)C1=C(C)Nc2c(c(=O)n(C)c(=O)n2C)[C@@H]1c1ccc2c(c1)OCO2. The maximum absolute atomic E-state index is 13.2. The van der Waals surface area contributed by atoms with Crippen molar-refractivity contribution in [2.45, 2.75) is 12.8 Å². The average molecular weight is 411 g/mol. The molecule has 0 spiro atoms. The van der Waals surface area contributed by atoms with Gasteiger partial charge in [-0.15, -0.1) is 0 Å². The molecule has 9 nitrogen and oxygen atoms in total. The Labute approximate surface area is 171 Å². The smallest absolute Gasteiger partial charge is 0.337 e. The Bertz CT molecular complexity index is 1220. The van der Waals surface area contributed by atoms with E-state index in [4.69, 9.17) is 14.2 Å². The summed E-state index contributed by atoms with van der Waals surface area (Å²) in [6.45, 7) is 5.40. The van der Waals surface area contributed by atoms with Gasteiger partial charge in [-0.3, -0.25) is 13.9 Å². The van der Waals surface area contributed by atoms with Crippen LogP contribution < -0.4 is 26.0 Å². The summed E-state index contributed by atoms with van der Waals surface area (Å²) in [5.74, 6) is 0.0923. The summed E-state index contributed by atoms with van der Waals surface area (Å²) in [5.41, 5.74) is 0.713. The van der Waals surface area contributed by atoms with Gasteiger partial charge in [-0.2, -0.15) is 0 Å². The van der Waals surface area contributed by atoms with E-state index in [1.54, 1.807) is 32.2 Å². The molecule has 0 radical (unpaired) electrons. The number of fused-ring (bicyclic) bond motifs is 2. The molecule has 0 bridgehead atoms. The van der Waals surface area contributed by atoms with Crippen LogP contribution in [0.2, 0.25) is 0 Å². The lowest BCUT2D eigenvalue weighted by Crippen LogP contribution is -2.43. The van der Waals surface area contributed by atoms with Gasteiger partial charge in [-0.25, -0.2) is 9.59 Å². The van der Waals surface area contributed by atoms with Crippen LogP contribution in [-0.4, -0.2) is 28.5 Å². The summed E-state index contributed by atoms with van der Waals surface area (Å²) in [4.78, 5) is 38.5. The molecule has 1 aromatic heterocycles. The highest BCUT2D eigenvalue weighted by Crippen LogP contribution is 2.43. The molecule has 0 saturated heterocycles. The second-order valence-corrected chi connectivity index (χ2v) is 7.06. The highest BCUT2D eigenvalue weighted by molar-refractivity contribution is 5.94. The number of hydrogen-bond donors (Lipinski definition) is 1. The summed E-state index contributed by atoms with van der Waals surface area (Å²) >= 11 is 0. The third-order valence-electron chi connectivity index (χ3n) is 5.27. The number of nitrogens with one attached hydrogen (secondary N) is 1. The van der Waals surface area contributed by atoms with Crippen molar-refractivity contribution in [2.75, 3.05) is 18.7 Å². The largest absolute Gasteiger partial charge is 0.458 e. The highest BCUT2D eigenvalue weighted by Gasteiger charge is 2.38. The Morgan fingerprint density at radius 3 is 2.73 bits per heavy atom. The van der Waals surface area contributed by atoms with Crippen molar-refractivity contribution in [1.29, 1.82) is 0 Å². The van der Waals surface area contributed by atoms with Crippen molar-refractivity contribution in [3.63, 3.8) is 0 Å². The van der Waals surface area contributed by atoms with E-state index >= 15 is 0 Å². The maximum Gasteiger partial charge on any atom is 0.337 e. The number of benzene rings is 1. The number of aromatic nitrogens is 2. The van der Waals surface area contributed by atoms with Gasteiger partial charge in [0.1, 0.15) is 12.4 Å². The van der Waals surface area contributed by atoms with Crippen molar-refractivity contribution in [1.82, 2.24) is 9.13 Å². The molecular weight excluding hydrogens is 390 g/mol.